The van der Waals surface area contributed by atoms with E-state index >= 15 is 0 Å². The summed E-state index contributed by atoms with van der Waals surface area (Å²) in [5.41, 5.74) is 10.7. The highest BCUT2D eigenvalue weighted by Gasteiger charge is 2.28. The summed E-state index contributed by atoms with van der Waals surface area (Å²) in [4.78, 5) is 18.0. The van der Waals surface area contributed by atoms with Crippen LogP contribution in [-0.2, 0) is 6.42 Å². The average molecular weight is 245 g/mol. The van der Waals surface area contributed by atoms with Crippen LogP contribution >= 0.6 is 11.3 Å². The van der Waals surface area contributed by atoms with Gasteiger partial charge in [0.05, 0.1) is 16.9 Å². The second-order valence-corrected chi connectivity index (χ2v) is 4.65. The Morgan fingerprint density at radius 3 is 3.12 bits per heavy atom. The van der Waals surface area contributed by atoms with E-state index in [-0.39, 0.29) is 5.91 Å². The van der Waals surface area contributed by atoms with E-state index in [0.717, 1.165) is 17.7 Å². The molecule has 0 saturated heterocycles. The number of anilines is 2. The van der Waals surface area contributed by atoms with Gasteiger partial charge in [-0.1, -0.05) is 12.1 Å². The molecule has 4 nitrogen and oxygen atoms in total. The zero-order chi connectivity index (χ0) is 11.8. The molecular weight excluding hydrogens is 234 g/mol. The smallest absolute Gasteiger partial charge is 0.277 e. The molecule has 86 valence electrons. The quantitative estimate of drug-likeness (QED) is 0.781. The Kier molecular flexibility index (Phi) is 2.33. The van der Waals surface area contributed by atoms with Crippen LogP contribution in [0.25, 0.3) is 0 Å². The average Bonchev–Trinajstić information content (AvgIpc) is 2.98. The Labute approximate surface area is 103 Å². The van der Waals surface area contributed by atoms with Gasteiger partial charge in [0, 0.05) is 11.9 Å². The zero-order valence-corrected chi connectivity index (χ0v) is 9.91. The minimum atomic E-state index is -0.0668. The molecule has 0 spiro atoms. The fourth-order valence-electron chi connectivity index (χ4n) is 2.15. The predicted octanol–water partition coefficient (Wildman–Crippen LogP) is 1.93. The van der Waals surface area contributed by atoms with Crippen LogP contribution in [0.4, 0.5) is 11.4 Å². The number of hydrogen-bond acceptors (Lipinski definition) is 4. The number of benzene rings is 1. The molecule has 1 amide bonds. The lowest BCUT2D eigenvalue weighted by Gasteiger charge is -2.17. The van der Waals surface area contributed by atoms with Crippen molar-refractivity contribution in [1.82, 2.24) is 4.98 Å². The second kappa shape index (κ2) is 3.85. The molecule has 2 heterocycles. The number of fused-ring (bicyclic) bond motifs is 1. The first kappa shape index (κ1) is 10.3. The largest absolute Gasteiger partial charge is 0.397 e. The van der Waals surface area contributed by atoms with Gasteiger partial charge in [0.25, 0.3) is 5.91 Å². The number of carbonyl (C=O) groups is 1. The molecular formula is C12H11N3OS. The van der Waals surface area contributed by atoms with Gasteiger partial charge in [-0.3, -0.25) is 4.79 Å². The number of carbonyl (C=O) groups excluding carboxylic acids is 1. The van der Waals surface area contributed by atoms with Crippen LogP contribution < -0.4 is 10.6 Å². The number of amides is 1. The second-order valence-electron chi connectivity index (χ2n) is 3.94. The van der Waals surface area contributed by atoms with E-state index in [0.29, 0.717) is 17.9 Å². The summed E-state index contributed by atoms with van der Waals surface area (Å²) in [6.45, 7) is 0.680. The Morgan fingerprint density at radius 2 is 2.35 bits per heavy atom. The van der Waals surface area contributed by atoms with Crippen molar-refractivity contribution in [3.63, 3.8) is 0 Å². The van der Waals surface area contributed by atoms with Gasteiger partial charge in [-0.2, -0.15) is 0 Å². The number of nitrogen functional groups attached to an aromatic ring is 1. The van der Waals surface area contributed by atoms with Crippen LogP contribution in [0.5, 0.6) is 0 Å². The van der Waals surface area contributed by atoms with Gasteiger partial charge < -0.3 is 10.6 Å². The molecule has 5 heteroatoms. The molecule has 17 heavy (non-hydrogen) atoms. The number of hydrogen-bond donors (Lipinski definition) is 1. The molecule has 1 aromatic heterocycles. The Balaban J connectivity index is 2.02. The van der Waals surface area contributed by atoms with E-state index in [1.54, 1.807) is 15.8 Å². The van der Waals surface area contributed by atoms with E-state index in [1.807, 2.05) is 18.2 Å². The fraction of sp³-hybridized carbons (Fsp3) is 0.167. The monoisotopic (exact) mass is 245 g/mol. The van der Waals surface area contributed by atoms with Crippen molar-refractivity contribution < 1.29 is 4.79 Å². The van der Waals surface area contributed by atoms with Crippen LogP contribution in [-0.4, -0.2) is 17.4 Å². The SMILES string of the molecule is Nc1cccc2c1N(C(=O)c1cscn1)CC2. The van der Waals surface area contributed by atoms with E-state index in [4.69, 9.17) is 5.73 Å². The number of nitrogens with zero attached hydrogens (tertiary/aromatic N) is 2. The maximum atomic E-state index is 12.2. The molecule has 0 radical (unpaired) electrons. The molecule has 2 N–H and O–H groups in total. The van der Waals surface area contributed by atoms with E-state index in [9.17, 15) is 4.79 Å². The summed E-state index contributed by atoms with van der Waals surface area (Å²) >= 11 is 1.42. The van der Waals surface area contributed by atoms with Crippen molar-refractivity contribution in [2.45, 2.75) is 6.42 Å². The molecule has 1 aliphatic heterocycles. The molecule has 3 rings (SSSR count). The molecule has 0 atom stereocenters. The van der Waals surface area contributed by atoms with Crippen molar-refractivity contribution in [2.75, 3.05) is 17.2 Å². The molecule has 0 unspecified atom stereocenters. The lowest BCUT2D eigenvalue weighted by molar-refractivity contribution is 0.0985. The molecule has 1 aromatic carbocycles. The Bertz CT molecular complexity index is 565. The lowest BCUT2D eigenvalue weighted by Crippen LogP contribution is -2.29. The van der Waals surface area contributed by atoms with Crippen molar-refractivity contribution >= 4 is 28.6 Å². The van der Waals surface area contributed by atoms with Gasteiger partial charge >= 0.3 is 0 Å². The van der Waals surface area contributed by atoms with Gasteiger partial charge in [-0.15, -0.1) is 11.3 Å². The summed E-state index contributed by atoms with van der Waals surface area (Å²) in [5, 5.41) is 1.76. The van der Waals surface area contributed by atoms with Gasteiger partial charge in [0.1, 0.15) is 5.69 Å². The van der Waals surface area contributed by atoms with Crippen LogP contribution in [0.1, 0.15) is 16.1 Å². The maximum Gasteiger partial charge on any atom is 0.277 e. The number of para-hydroxylation sites is 1. The Hall–Kier alpha value is -1.88. The summed E-state index contributed by atoms with van der Waals surface area (Å²) in [6.07, 6.45) is 0.857. The number of aromatic nitrogens is 1. The van der Waals surface area contributed by atoms with Crippen molar-refractivity contribution in [1.29, 1.82) is 0 Å². The molecule has 0 saturated carbocycles. The molecule has 0 fully saturated rings. The van der Waals surface area contributed by atoms with Crippen molar-refractivity contribution in [3.05, 3.63) is 40.3 Å². The number of rotatable bonds is 1. The first-order valence-corrected chi connectivity index (χ1v) is 6.29. The topological polar surface area (TPSA) is 59.2 Å². The maximum absolute atomic E-state index is 12.2. The van der Waals surface area contributed by atoms with Crippen molar-refractivity contribution in [2.24, 2.45) is 0 Å². The van der Waals surface area contributed by atoms with Gasteiger partial charge in [0.15, 0.2) is 0 Å². The molecule has 2 aromatic rings. The van der Waals surface area contributed by atoms with Gasteiger partial charge in [0.2, 0.25) is 0 Å². The highest BCUT2D eigenvalue weighted by atomic mass is 32.1. The third-order valence-corrected chi connectivity index (χ3v) is 3.51. The fourth-order valence-corrected chi connectivity index (χ4v) is 2.67. The third kappa shape index (κ3) is 1.59. The standard InChI is InChI=1S/C12H11N3OS/c13-9-3-1-2-8-4-5-15(11(8)9)12(16)10-6-17-7-14-10/h1-3,6-7H,4-5,13H2. The zero-order valence-electron chi connectivity index (χ0n) is 9.09. The first-order chi connectivity index (χ1) is 8.27. The summed E-state index contributed by atoms with van der Waals surface area (Å²) in [7, 11) is 0. The normalized spacial score (nSPS) is 13.8. The van der Waals surface area contributed by atoms with Crippen LogP contribution in [0.2, 0.25) is 0 Å². The van der Waals surface area contributed by atoms with Gasteiger partial charge in [-0.05, 0) is 18.1 Å². The minimum Gasteiger partial charge on any atom is -0.397 e. The molecule has 0 bridgehead atoms. The van der Waals surface area contributed by atoms with Crippen LogP contribution in [0.15, 0.2) is 29.1 Å². The summed E-state index contributed by atoms with van der Waals surface area (Å²) < 4.78 is 0. The highest BCUT2D eigenvalue weighted by molar-refractivity contribution is 7.07. The predicted molar refractivity (Wildman–Crippen MR) is 68.3 cm³/mol. The summed E-state index contributed by atoms with van der Waals surface area (Å²) in [5.74, 6) is -0.0668. The van der Waals surface area contributed by atoms with Gasteiger partial charge in [-0.25, -0.2) is 4.98 Å². The highest BCUT2D eigenvalue weighted by Crippen LogP contribution is 2.34. The first-order valence-electron chi connectivity index (χ1n) is 5.35. The Morgan fingerprint density at radius 1 is 1.47 bits per heavy atom. The van der Waals surface area contributed by atoms with Crippen LogP contribution in [0.3, 0.4) is 0 Å². The van der Waals surface area contributed by atoms with E-state index in [1.165, 1.54) is 11.3 Å². The van der Waals surface area contributed by atoms with E-state index in [2.05, 4.69) is 4.98 Å². The lowest BCUT2D eigenvalue weighted by atomic mass is 10.1. The summed E-state index contributed by atoms with van der Waals surface area (Å²) in [6, 6.07) is 5.76. The van der Waals surface area contributed by atoms with E-state index < -0.39 is 0 Å². The van der Waals surface area contributed by atoms with Crippen molar-refractivity contribution in [3.8, 4) is 0 Å². The number of nitrogens with two attached hydrogens (primary N) is 1. The minimum absolute atomic E-state index is 0.0668. The molecule has 0 aliphatic carbocycles. The molecule has 1 aliphatic rings. The number of thiazole rings is 1. The van der Waals surface area contributed by atoms with Crippen LogP contribution in [0, 0.1) is 0 Å². The third-order valence-electron chi connectivity index (χ3n) is 2.92.